The zero-order chi connectivity index (χ0) is 28.4. The Bertz CT molecular complexity index is 1320. The van der Waals surface area contributed by atoms with Crippen molar-refractivity contribution in [3.8, 4) is 11.8 Å². The van der Waals surface area contributed by atoms with Gasteiger partial charge in [0.15, 0.2) is 5.78 Å². The van der Waals surface area contributed by atoms with Gasteiger partial charge in [-0.3, -0.25) is 19.5 Å². The van der Waals surface area contributed by atoms with E-state index in [4.69, 9.17) is 10.5 Å². The van der Waals surface area contributed by atoms with Gasteiger partial charge in [-0.15, -0.1) is 0 Å². The highest BCUT2D eigenvalue weighted by Gasteiger charge is 2.48. The van der Waals surface area contributed by atoms with Crippen molar-refractivity contribution >= 4 is 18.0 Å². The molecular formula is C29H35FN6O3. The van der Waals surface area contributed by atoms with Crippen molar-refractivity contribution in [1.29, 1.82) is 5.26 Å². The van der Waals surface area contributed by atoms with Gasteiger partial charge in [0.1, 0.15) is 23.3 Å². The molecule has 0 bridgehead atoms. The van der Waals surface area contributed by atoms with E-state index < -0.39 is 11.1 Å². The highest BCUT2D eigenvalue weighted by atomic mass is 19.1. The molecule has 2 atom stereocenters. The maximum atomic E-state index is 15.8. The number of halogens is 1. The van der Waals surface area contributed by atoms with Crippen LogP contribution in [0.2, 0.25) is 0 Å². The van der Waals surface area contributed by atoms with E-state index in [9.17, 15) is 14.9 Å². The number of nitrogens with zero attached hydrogens (tertiary/aromatic N) is 5. The van der Waals surface area contributed by atoms with Crippen molar-refractivity contribution in [3.63, 3.8) is 0 Å². The number of carbonyl (C=O) groups is 2. The lowest BCUT2D eigenvalue weighted by Gasteiger charge is -2.53. The molecule has 1 saturated heterocycles. The van der Waals surface area contributed by atoms with Gasteiger partial charge in [0.2, 0.25) is 5.91 Å². The largest absolute Gasteiger partial charge is 0.497 e. The number of nitriles is 1. The second-order valence-corrected chi connectivity index (χ2v) is 10.3. The van der Waals surface area contributed by atoms with E-state index in [0.717, 1.165) is 5.70 Å². The van der Waals surface area contributed by atoms with Crippen LogP contribution < -0.4 is 10.5 Å². The third-order valence-electron chi connectivity index (χ3n) is 7.46. The topological polar surface area (TPSA) is 115 Å². The van der Waals surface area contributed by atoms with Crippen LogP contribution in [0.15, 0.2) is 64.1 Å². The average molecular weight is 535 g/mol. The SMILES string of the molecule is CCN1C2=C(CCN)C(C)(F)C=CC2(C)CN2CC(=O)N(CC(=O)c3cccc(OC)c3)C=NC/C(C#N)=C\21. The quantitative estimate of drug-likeness (QED) is 0.422. The number of hydrogen-bond acceptors (Lipinski definition) is 8. The summed E-state index contributed by atoms with van der Waals surface area (Å²) in [5.74, 6) is 0.481. The van der Waals surface area contributed by atoms with Crippen molar-refractivity contribution < 1.29 is 18.7 Å². The Morgan fingerprint density at radius 1 is 1.31 bits per heavy atom. The minimum atomic E-state index is -1.68. The first kappa shape index (κ1) is 28.0. The number of fused-ring (bicyclic) bond motifs is 2. The number of ketones is 1. The number of rotatable bonds is 7. The van der Waals surface area contributed by atoms with Crippen LogP contribution in [0.1, 0.15) is 37.6 Å². The predicted molar refractivity (Wildman–Crippen MR) is 146 cm³/mol. The van der Waals surface area contributed by atoms with Crippen molar-refractivity contribution in [2.24, 2.45) is 16.1 Å². The first-order valence-corrected chi connectivity index (χ1v) is 13.0. The van der Waals surface area contributed by atoms with Crippen molar-refractivity contribution in [2.75, 3.05) is 46.4 Å². The number of aliphatic imine (C=N–C) groups is 1. The lowest BCUT2D eigenvalue weighted by atomic mass is 9.71. The summed E-state index contributed by atoms with van der Waals surface area (Å²) in [7, 11) is 1.52. The maximum Gasteiger partial charge on any atom is 0.247 e. The Morgan fingerprint density at radius 3 is 2.74 bits per heavy atom. The van der Waals surface area contributed by atoms with Crippen LogP contribution in [-0.2, 0) is 4.79 Å². The van der Waals surface area contributed by atoms with Crippen molar-refractivity contribution in [1.82, 2.24) is 14.7 Å². The molecule has 0 aromatic heterocycles. The number of carbonyl (C=O) groups excluding carboxylic acids is 2. The number of ether oxygens (including phenoxy) is 1. The van der Waals surface area contributed by atoms with Crippen LogP contribution in [0, 0.1) is 16.7 Å². The van der Waals surface area contributed by atoms with Crippen LogP contribution in [0.3, 0.4) is 0 Å². The lowest BCUT2D eigenvalue weighted by molar-refractivity contribution is -0.128. The van der Waals surface area contributed by atoms with E-state index in [0.29, 0.717) is 47.8 Å². The molecule has 10 heteroatoms. The Balaban J connectivity index is 1.72. The maximum absolute atomic E-state index is 15.8. The van der Waals surface area contributed by atoms with Gasteiger partial charge < -0.3 is 20.3 Å². The minimum absolute atomic E-state index is 0.00884. The molecule has 0 radical (unpaired) electrons. The van der Waals surface area contributed by atoms with E-state index in [1.54, 1.807) is 30.3 Å². The fourth-order valence-corrected chi connectivity index (χ4v) is 5.62. The van der Waals surface area contributed by atoms with Crippen LogP contribution in [0.5, 0.6) is 5.75 Å². The normalized spacial score (nSPS) is 26.9. The number of hydrogen-bond donors (Lipinski definition) is 1. The molecule has 1 amide bonds. The Hall–Kier alpha value is -3.97. The second-order valence-electron chi connectivity index (χ2n) is 10.3. The third kappa shape index (κ3) is 5.32. The second kappa shape index (κ2) is 11.0. The summed E-state index contributed by atoms with van der Waals surface area (Å²) in [5, 5.41) is 10.1. The van der Waals surface area contributed by atoms with E-state index in [1.807, 2.05) is 29.7 Å². The van der Waals surface area contributed by atoms with Crippen LogP contribution in [-0.4, -0.2) is 84.8 Å². The predicted octanol–water partition coefficient (Wildman–Crippen LogP) is 3.03. The van der Waals surface area contributed by atoms with Gasteiger partial charge in [-0.05, 0) is 57.5 Å². The molecule has 1 aromatic rings. The number of allylic oxidation sites excluding steroid dienone is 1. The molecule has 39 heavy (non-hydrogen) atoms. The van der Waals surface area contributed by atoms with Crippen LogP contribution in [0.4, 0.5) is 4.39 Å². The smallest absolute Gasteiger partial charge is 0.247 e. The summed E-state index contributed by atoms with van der Waals surface area (Å²) in [5.41, 5.74) is 5.74. The molecule has 3 aliphatic rings. The molecule has 1 aliphatic carbocycles. The molecule has 1 aromatic carbocycles. The molecular weight excluding hydrogens is 499 g/mol. The fraction of sp³-hybridized carbons (Fsp3) is 0.448. The Kier molecular flexibility index (Phi) is 7.93. The highest BCUT2D eigenvalue weighted by Crippen LogP contribution is 2.49. The van der Waals surface area contributed by atoms with Gasteiger partial charge >= 0.3 is 0 Å². The van der Waals surface area contributed by atoms with Crippen molar-refractivity contribution in [3.05, 3.63) is 64.6 Å². The van der Waals surface area contributed by atoms with Gasteiger partial charge in [0.05, 0.1) is 38.7 Å². The number of methoxy groups -OCH3 is 1. The van der Waals surface area contributed by atoms with Gasteiger partial charge in [0.25, 0.3) is 0 Å². The first-order chi connectivity index (χ1) is 18.6. The summed E-state index contributed by atoms with van der Waals surface area (Å²) < 4.78 is 21.0. The molecule has 1 fully saturated rings. The number of Topliss-reactive ketones (excluding diaryl/α,β-unsaturated/α-hetero) is 1. The average Bonchev–Trinajstić information content (AvgIpc) is 2.97. The fourth-order valence-electron chi connectivity index (χ4n) is 5.62. The molecule has 0 saturated carbocycles. The summed E-state index contributed by atoms with van der Waals surface area (Å²) >= 11 is 0. The lowest BCUT2D eigenvalue weighted by Crippen LogP contribution is -2.55. The Morgan fingerprint density at radius 2 is 2.08 bits per heavy atom. The first-order valence-electron chi connectivity index (χ1n) is 13.0. The number of alkyl halides is 1. The summed E-state index contributed by atoms with van der Waals surface area (Å²) in [4.78, 5) is 36.1. The minimum Gasteiger partial charge on any atom is -0.497 e. The van der Waals surface area contributed by atoms with Crippen molar-refractivity contribution in [2.45, 2.75) is 32.9 Å². The molecule has 2 aliphatic heterocycles. The molecule has 0 spiro atoms. The molecule has 9 nitrogen and oxygen atoms in total. The van der Waals surface area contributed by atoms with Gasteiger partial charge in [-0.1, -0.05) is 18.2 Å². The zero-order valence-corrected chi connectivity index (χ0v) is 22.9. The van der Waals surface area contributed by atoms with Crippen LogP contribution in [0.25, 0.3) is 0 Å². The third-order valence-corrected chi connectivity index (χ3v) is 7.46. The Labute approximate surface area is 228 Å². The van der Waals surface area contributed by atoms with E-state index in [-0.39, 0.29) is 37.9 Å². The number of nitrogens with two attached hydrogens (primary N) is 1. The van der Waals surface area contributed by atoms with E-state index >= 15 is 4.39 Å². The monoisotopic (exact) mass is 534 g/mol. The van der Waals surface area contributed by atoms with E-state index in [1.165, 1.54) is 25.3 Å². The zero-order valence-electron chi connectivity index (χ0n) is 22.9. The molecule has 2 unspecified atom stereocenters. The number of amides is 1. The standard InChI is InChI=1S/C29H35FN6O3/c1-5-36-26-23(9-12-31)29(3,30)11-10-28(26,2)18-34-17-25(38)35(19-33-15-21(14-32)27(34)36)16-24(37)20-7-6-8-22(13-20)39-4/h6-8,10-11,13,19H,5,9,12,15-18,31H2,1-4H3/b27-21+,33-19?. The van der Waals surface area contributed by atoms with Gasteiger partial charge in [-0.2, -0.15) is 5.26 Å². The summed E-state index contributed by atoms with van der Waals surface area (Å²) in [6.07, 6.45) is 5.12. The molecule has 2 heterocycles. The van der Waals surface area contributed by atoms with Gasteiger partial charge in [0, 0.05) is 29.8 Å². The highest BCUT2D eigenvalue weighted by molar-refractivity contribution is 6.02. The summed E-state index contributed by atoms with van der Waals surface area (Å²) in [6, 6.07) is 9.01. The molecule has 206 valence electrons. The van der Waals surface area contributed by atoms with Crippen LogP contribution >= 0.6 is 0 Å². The van der Waals surface area contributed by atoms with E-state index in [2.05, 4.69) is 11.1 Å². The molecule has 2 N–H and O–H groups in total. The van der Waals surface area contributed by atoms with Gasteiger partial charge in [-0.25, -0.2) is 4.39 Å². The summed E-state index contributed by atoms with van der Waals surface area (Å²) in [6.45, 7) is 6.28. The number of benzene rings is 1. The molecule has 4 rings (SSSR count).